The summed E-state index contributed by atoms with van der Waals surface area (Å²) < 4.78 is 5.36. The molecule has 0 radical (unpaired) electrons. The fourth-order valence-corrected chi connectivity index (χ4v) is 4.02. The van der Waals surface area contributed by atoms with Crippen LogP contribution in [0.3, 0.4) is 0 Å². The molecule has 1 N–H and O–H groups in total. The van der Waals surface area contributed by atoms with E-state index in [0.717, 1.165) is 38.2 Å². The molecule has 5 nitrogen and oxygen atoms in total. The summed E-state index contributed by atoms with van der Waals surface area (Å²) in [5, 5.41) is 2.70. The van der Waals surface area contributed by atoms with Crippen LogP contribution in [0, 0.1) is 5.92 Å². The summed E-state index contributed by atoms with van der Waals surface area (Å²) in [7, 11) is 5.29. The van der Waals surface area contributed by atoms with Gasteiger partial charge in [0.25, 0.3) is 0 Å². The fourth-order valence-electron chi connectivity index (χ4n) is 4.02. The van der Waals surface area contributed by atoms with E-state index in [-0.39, 0.29) is 6.03 Å². The number of carbonyl (C=O) groups excluding carboxylic acids is 1. The summed E-state index contributed by atoms with van der Waals surface area (Å²) in [6, 6.07) is 6.98. The minimum absolute atomic E-state index is 0.00112. The summed E-state index contributed by atoms with van der Waals surface area (Å²) in [5.41, 5.74) is 2.87. The highest BCUT2D eigenvalue weighted by molar-refractivity contribution is 5.73. The Hall–Kier alpha value is -1.75. The van der Waals surface area contributed by atoms with Crippen LogP contribution in [0.1, 0.15) is 30.0 Å². The van der Waals surface area contributed by atoms with Gasteiger partial charge >= 0.3 is 6.03 Å². The van der Waals surface area contributed by atoms with Crippen LogP contribution in [0.2, 0.25) is 0 Å². The number of amides is 2. The molecule has 2 aliphatic rings. The lowest BCUT2D eigenvalue weighted by molar-refractivity contribution is 0.0912. The Morgan fingerprint density at radius 3 is 3.00 bits per heavy atom. The number of nitrogens with one attached hydrogen (secondary N) is 1. The van der Waals surface area contributed by atoms with Crippen LogP contribution in [0.15, 0.2) is 18.2 Å². The molecule has 2 aliphatic heterocycles. The van der Waals surface area contributed by atoms with Crippen molar-refractivity contribution in [3.8, 4) is 5.75 Å². The van der Waals surface area contributed by atoms with Crippen molar-refractivity contribution in [2.45, 2.75) is 25.3 Å². The van der Waals surface area contributed by atoms with Gasteiger partial charge in [-0.25, -0.2) is 4.79 Å². The number of rotatable bonds is 3. The number of urea groups is 1. The molecule has 2 heterocycles. The average molecular weight is 317 g/mol. The van der Waals surface area contributed by atoms with Crippen molar-refractivity contribution in [2.24, 2.45) is 5.92 Å². The molecule has 2 atom stereocenters. The first-order valence-electron chi connectivity index (χ1n) is 8.46. The second-order valence-electron chi connectivity index (χ2n) is 6.69. The van der Waals surface area contributed by atoms with E-state index in [2.05, 4.69) is 28.4 Å². The number of hydrogen-bond acceptors (Lipinski definition) is 3. The minimum Gasteiger partial charge on any atom is -0.497 e. The first kappa shape index (κ1) is 16.1. The van der Waals surface area contributed by atoms with Gasteiger partial charge in [0.15, 0.2) is 0 Å². The van der Waals surface area contributed by atoms with E-state index < -0.39 is 0 Å². The highest BCUT2D eigenvalue weighted by atomic mass is 16.5. The number of benzene rings is 1. The van der Waals surface area contributed by atoms with Crippen molar-refractivity contribution in [1.29, 1.82) is 0 Å². The van der Waals surface area contributed by atoms with Crippen molar-refractivity contribution < 1.29 is 9.53 Å². The van der Waals surface area contributed by atoms with Gasteiger partial charge in [0.2, 0.25) is 0 Å². The van der Waals surface area contributed by atoms with Gasteiger partial charge in [-0.2, -0.15) is 0 Å². The third-order valence-electron chi connectivity index (χ3n) is 5.29. The van der Waals surface area contributed by atoms with Crippen LogP contribution in [0.4, 0.5) is 4.79 Å². The van der Waals surface area contributed by atoms with Crippen molar-refractivity contribution in [1.82, 2.24) is 15.1 Å². The summed E-state index contributed by atoms with van der Waals surface area (Å²) in [5.74, 6) is 1.51. The van der Waals surface area contributed by atoms with E-state index >= 15 is 0 Å². The Bertz CT molecular complexity index is 575. The Morgan fingerprint density at radius 1 is 1.43 bits per heavy atom. The molecule has 1 aromatic carbocycles. The Morgan fingerprint density at radius 2 is 2.26 bits per heavy atom. The second kappa shape index (κ2) is 6.79. The lowest BCUT2D eigenvalue weighted by atomic mass is 9.82. The first-order valence-corrected chi connectivity index (χ1v) is 8.46. The first-order chi connectivity index (χ1) is 11.1. The van der Waals surface area contributed by atoms with Crippen LogP contribution < -0.4 is 10.1 Å². The zero-order valence-electron chi connectivity index (χ0n) is 14.3. The molecule has 0 spiro atoms. The van der Waals surface area contributed by atoms with Gasteiger partial charge in [-0.1, -0.05) is 6.07 Å². The van der Waals surface area contributed by atoms with Crippen LogP contribution >= 0.6 is 0 Å². The van der Waals surface area contributed by atoms with Crippen LogP contribution in [0.5, 0.6) is 5.75 Å². The molecule has 0 bridgehead atoms. The zero-order valence-corrected chi connectivity index (χ0v) is 14.3. The van der Waals surface area contributed by atoms with E-state index in [1.807, 2.05) is 7.05 Å². The number of hydrogen-bond donors (Lipinski definition) is 1. The predicted octanol–water partition coefficient (Wildman–Crippen LogP) is 2.28. The largest absolute Gasteiger partial charge is 0.497 e. The van der Waals surface area contributed by atoms with Crippen molar-refractivity contribution in [3.63, 3.8) is 0 Å². The minimum atomic E-state index is 0.00112. The number of carbonyl (C=O) groups is 1. The normalized spacial score (nSPS) is 23.6. The predicted molar refractivity (Wildman–Crippen MR) is 90.8 cm³/mol. The standard InChI is InChI=1S/C18H27N3O2/c1-19-18(22)20(2)12-13-6-8-21-9-7-14-11-15(23-3)4-5-16(14)17(21)10-13/h4-5,11,13,17H,6-10,12H2,1-3H3,(H,19,22). The van der Waals surface area contributed by atoms with Crippen LogP contribution in [-0.4, -0.2) is 56.7 Å². The number of fused-ring (bicyclic) bond motifs is 3. The van der Waals surface area contributed by atoms with Crippen molar-refractivity contribution in [3.05, 3.63) is 29.3 Å². The van der Waals surface area contributed by atoms with Gasteiger partial charge in [0.05, 0.1) is 7.11 Å². The maximum atomic E-state index is 11.7. The second-order valence-corrected chi connectivity index (χ2v) is 6.69. The van der Waals surface area contributed by atoms with E-state index in [0.29, 0.717) is 12.0 Å². The molecule has 126 valence electrons. The molecule has 23 heavy (non-hydrogen) atoms. The molecule has 0 saturated carbocycles. The lowest BCUT2D eigenvalue weighted by Gasteiger charge is -2.44. The third-order valence-corrected chi connectivity index (χ3v) is 5.29. The molecule has 1 fully saturated rings. The molecule has 0 aromatic heterocycles. The molecule has 3 rings (SSSR count). The van der Waals surface area contributed by atoms with Crippen LogP contribution in [0.25, 0.3) is 0 Å². The van der Waals surface area contributed by atoms with Gasteiger partial charge in [-0.05, 0) is 55.0 Å². The highest BCUT2D eigenvalue weighted by Gasteiger charge is 2.34. The summed E-state index contributed by atoms with van der Waals surface area (Å²) >= 11 is 0. The van der Waals surface area contributed by atoms with Gasteiger partial charge in [0, 0.05) is 33.2 Å². The zero-order chi connectivity index (χ0) is 16.4. The number of piperidine rings is 1. The van der Waals surface area contributed by atoms with Gasteiger partial charge < -0.3 is 15.0 Å². The monoisotopic (exact) mass is 317 g/mol. The van der Waals surface area contributed by atoms with E-state index in [4.69, 9.17) is 4.74 Å². The quantitative estimate of drug-likeness (QED) is 0.930. The topological polar surface area (TPSA) is 44.8 Å². The molecular formula is C18H27N3O2. The van der Waals surface area contributed by atoms with E-state index in [1.165, 1.54) is 17.5 Å². The highest BCUT2D eigenvalue weighted by Crippen LogP contribution is 2.40. The molecule has 1 aromatic rings. The Balaban J connectivity index is 1.73. The molecular weight excluding hydrogens is 290 g/mol. The van der Waals surface area contributed by atoms with Crippen molar-refractivity contribution >= 4 is 6.03 Å². The maximum Gasteiger partial charge on any atom is 0.316 e. The number of nitrogens with zero attached hydrogens (tertiary/aromatic N) is 2. The van der Waals surface area contributed by atoms with Crippen molar-refractivity contribution in [2.75, 3.05) is 40.8 Å². The van der Waals surface area contributed by atoms with Gasteiger partial charge in [-0.3, -0.25) is 4.90 Å². The molecule has 0 aliphatic carbocycles. The number of ether oxygens (including phenoxy) is 1. The SMILES string of the molecule is CNC(=O)N(C)CC1CCN2CCc3cc(OC)ccc3C2C1. The van der Waals surface area contributed by atoms with Gasteiger partial charge in [-0.15, -0.1) is 0 Å². The summed E-state index contributed by atoms with van der Waals surface area (Å²) in [6.07, 6.45) is 3.40. The fraction of sp³-hybridized carbons (Fsp3) is 0.611. The summed E-state index contributed by atoms with van der Waals surface area (Å²) in [4.78, 5) is 16.1. The van der Waals surface area contributed by atoms with E-state index in [9.17, 15) is 4.79 Å². The van der Waals surface area contributed by atoms with E-state index in [1.54, 1.807) is 19.1 Å². The molecule has 5 heteroatoms. The average Bonchev–Trinajstić information content (AvgIpc) is 2.60. The molecule has 2 unspecified atom stereocenters. The number of methoxy groups -OCH3 is 1. The third kappa shape index (κ3) is 3.29. The maximum absolute atomic E-state index is 11.7. The smallest absolute Gasteiger partial charge is 0.316 e. The summed E-state index contributed by atoms with van der Waals surface area (Å²) in [6.45, 7) is 3.08. The Kier molecular flexibility index (Phi) is 4.76. The lowest BCUT2D eigenvalue weighted by Crippen LogP contribution is -2.45. The molecule has 2 amide bonds. The Labute approximate surface area is 138 Å². The van der Waals surface area contributed by atoms with Crippen LogP contribution in [-0.2, 0) is 6.42 Å². The molecule has 1 saturated heterocycles. The van der Waals surface area contributed by atoms with Gasteiger partial charge in [0.1, 0.15) is 5.75 Å².